The van der Waals surface area contributed by atoms with Gasteiger partial charge < -0.3 is 10.0 Å². The van der Waals surface area contributed by atoms with Crippen LogP contribution in [-0.2, 0) is 16.0 Å². The molecule has 1 aliphatic rings. The van der Waals surface area contributed by atoms with Crippen LogP contribution in [0.2, 0.25) is 5.02 Å². The SMILES string of the molecule is Cc1cccc(N2CC[C@@](O)(C(=O)CCc3cc(F)cc(Cl)c3)C2=O)c1. The summed E-state index contributed by atoms with van der Waals surface area (Å²) < 4.78 is 13.4. The van der Waals surface area contributed by atoms with Gasteiger partial charge in [-0.1, -0.05) is 23.7 Å². The van der Waals surface area contributed by atoms with E-state index in [1.54, 1.807) is 12.1 Å². The number of aliphatic hydroxyl groups is 1. The molecule has 136 valence electrons. The van der Waals surface area contributed by atoms with Gasteiger partial charge in [-0.2, -0.15) is 0 Å². The number of amides is 1. The first-order valence-corrected chi connectivity index (χ1v) is 8.77. The third kappa shape index (κ3) is 3.64. The van der Waals surface area contributed by atoms with Crippen molar-refractivity contribution >= 4 is 29.0 Å². The molecule has 0 spiro atoms. The van der Waals surface area contributed by atoms with Crippen molar-refractivity contribution in [1.29, 1.82) is 0 Å². The third-order valence-corrected chi connectivity index (χ3v) is 4.85. The molecule has 1 amide bonds. The number of ketones is 1. The molecule has 1 aliphatic heterocycles. The van der Waals surface area contributed by atoms with Crippen molar-refractivity contribution < 1.29 is 19.1 Å². The van der Waals surface area contributed by atoms with E-state index >= 15 is 0 Å². The fourth-order valence-electron chi connectivity index (χ4n) is 3.23. The Bertz CT molecular complexity index is 850. The number of benzene rings is 2. The molecule has 0 bridgehead atoms. The first-order chi connectivity index (χ1) is 12.3. The third-order valence-electron chi connectivity index (χ3n) is 4.63. The van der Waals surface area contributed by atoms with Crippen molar-refractivity contribution in [2.75, 3.05) is 11.4 Å². The molecule has 0 aliphatic carbocycles. The van der Waals surface area contributed by atoms with Crippen LogP contribution in [0.4, 0.5) is 10.1 Å². The molecule has 0 saturated carbocycles. The lowest BCUT2D eigenvalue weighted by molar-refractivity contribution is -0.147. The fourth-order valence-corrected chi connectivity index (χ4v) is 3.47. The summed E-state index contributed by atoms with van der Waals surface area (Å²) in [5.41, 5.74) is 0.171. The Morgan fingerprint density at radius 3 is 2.77 bits per heavy atom. The largest absolute Gasteiger partial charge is 0.373 e. The predicted octanol–water partition coefficient (Wildman–Crippen LogP) is 3.46. The Kier molecular flexibility index (Phi) is 5.12. The monoisotopic (exact) mass is 375 g/mol. The predicted molar refractivity (Wildman–Crippen MR) is 97.8 cm³/mol. The Morgan fingerprint density at radius 2 is 2.08 bits per heavy atom. The minimum absolute atomic E-state index is 0.0442. The highest BCUT2D eigenvalue weighted by Gasteiger charge is 2.50. The van der Waals surface area contributed by atoms with Gasteiger partial charge in [0, 0.05) is 30.1 Å². The van der Waals surface area contributed by atoms with E-state index in [2.05, 4.69) is 0 Å². The minimum atomic E-state index is -2.03. The topological polar surface area (TPSA) is 57.6 Å². The number of hydrogen-bond acceptors (Lipinski definition) is 3. The highest BCUT2D eigenvalue weighted by Crippen LogP contribution is 2.30. The van der Waals surface area contributed by atoms with Gasteiger partial charge in [-0.3, -0.25) is 9.59 Å². The van der Waals surface area contributed by atoms with Crippen molar-refractivity contribution in [1.82, 2.24) is 0 Å². The number of halogens is 2. The zero-order chi connectivity index (χ0) is 18.9. The van der Waals surface area contributed by atoms with Gasteiger partial charge in [0.2, 0.25) is 5.60 Å². The van der Waals surface area contributed by atoms with Gasteiger partial charge in [-0.25, -0.2) is 4.39 Å². The molecule has 2 aromatic rings. The van der Waals surface area contributed by atoms with Crippen LogP contribution >= 0.6 is 11.6 Å². The van der Waals surface area contributed by atoms with E-state index in [0.29, 0.717) is 11.3 Å². The smallest absolute Gasteiger partial charge is 0.266 e. The maximum absolute atomic E-state index is 13.4. The van der Waals surface area contributed by atoms with E-state index in [9.17, 15) is 19.1 Å². The Labute approximate surface area is 156 Å². The van der Waals surface area contributed by atoms with Crippen molar-refractivity contribution in [3.05, 3.63) is 64.4 Å². The number of Topliss-reactive ketones (excluding diaryl/α,β-unsaturated/α-hetero) is 1. The van der Waals surface area contributed by atoms with Crippen LogP contribution < -0.4 is 4.90 Å². The summed E-state index contributed by atoms with van der Waals surface area (Å²) in [5.74, 6) is -1.65. The fraction of sp³-hybridized carbons (Fsp3) is 0.300. The van der Waals surface area contributed by atoms with Gasteiger partial charge in [0.05, 0.1) is 0 Å². The Hall–Kier alpha value is -2.24. The molecule has 1 fully saturated rings. The second-order valence-corrected chi connectivity index (χ2v) is 7.04. The average molecular weight is 376 g/mol. The zero-order valence-corrected chi connectivity index (χ0v) is 15.1. The van der Waals surface area contributed by atoms with Crippen molar-refractivity contribution in [3.8, 4) is 0 Å². The molecule has 1 N–H and O–H groups in total. The molecular formula is C20H19ClFNO3. The number of anilines is 1. The maximum atomic E-state index is 13.4. The van der Waals surface area contributed by atoms with Crippen LogP contribution in [0.3, 0.4) is 0 Å². The van der Waals surface area contributed by atoms with Gasteiger partial charge in [0.1, 0.15) is 5.82 Å². The van der Waals surface area contributed by atoms with Gasteiger partial charge in [-0.05, 0) is 54.8 Å². The lowest BCUT2D eigenvalue weighted by Gasteiger charge is -2.21. The highest BCUT2D eigenvalue weighted by molar-refractivity contribution is 6.30. The number of carbonyl (C=O) groups is 2. The van der Waals surface area contributed by atoms with E-state index in [-0.39, 0.29) is 30.8 Å². The van der Waals surface area contributed by atoms with Crippen molar-refractivity contribution in [3.63, 3.8) is 0 Å². The van der Waals surface area contributed by atoms with E-state index < -0.39 is 23.1 Å². The van der Waals surface area contributed by atoms with Crippen LogP contribution in [0.1, 0.15) is 24.0 Å². The molecule has 2 aromatic carbocycles. The standard InChI is InChI=1S/C20H19ClFNO3/c1-13-3-2-4-17(9-13)23-8-7-20(26,19(23)25)18(24)6-5-14-10-15(21)12-16(22)11-14/h2-4,9-12,26H,5-8H2,1H3/t20-/m1/s1. The van der Waals surface area contributed by atoms with Gasteiger partial charge in [-0.15, -0.1) is 0 Å². The first kappa shape index (κ1) is 18.5. The number of hydrogen-bond donors (Lipinski definition) is 1. The van der Waals surface area contributed by atoms with E-state index in [1.807, 2.05) is 25.1 Å². The van der Waals surface area contributed by atoms with E-state index in [1.165, 1.54) is 17.0 Å². The number of carbonyl (C=O) groups excluding carboxylic acids is 2. The minimum Gasteiger partial charge on any atom is -0.373 e. The molecule has 1 heterocycles. The second kappa shape index (κ2) is 7.17. The number of rotatable bonds is 5. The van der Waals surface area contributed by atoms with Crippen molar-refractivity contribution in [2.24, 2.45) is 0 Å². The molecule has 3 rings (SSSR count). The quantitative estimate of drug-likeness (QED) is 0.814. The molecule has 1 atom stereocenters. The molecule has 1 saturated heterocycles. The summed E-state index contributed by atoms with van der Waals surface area (Å²) in [6.07, 6.45) is 0.183. The second-order valence-electron chi connectivity index (χ2n) is 6.61. The lowest BCUT2D eigenvalue weighted by atomic mass is 9.92. The summed E-state index contributed by atoms with van der Waals surface area (Å²) in [6.45, 7) is 2.18. The summed E-state index contributed by atoms with van der Waals surface area (Å²) in [5, 5.41) is 10.9. The van der Waals surface area contributed by atoms with E-state index in [0.717, 1.165) is 5.56 Å². The average Bonchev–Trinajstić information content (AvgIpc) is 2.88. The van der Waals surface area contributed by atoms with Gasteiger partial charge in [0.15, 0.2) is 5.78 Å². The normalized spacial score (nSPS) is 19.8. The number of nitrogens with zero attached hydrogens (tertiary/aromatic N) is 1. The molecule has 0 unspecified atom stereocenters. The van der Waals surface area contributed by atoms with Crippen LogP contribution in [0.25, 0.3) is 0 Å². The van der Waals surface area contributed by atoms with Crippen LogP contribution in [0.15, 0.2) is 42.5 Å². The lowest BCUT2D eigenvalue weighted by Crippen LogP contribution is -2.47. The van der Waals surface area contributed by atoms with Crippen molar-refractivity contribution in [2.45, 2.75) is 31.8 Å². The summed E-state index contributed by atoms with van der Waals surface area (Å²) in [6, 6.07) is 11.4. The molecule has 0 aromatic heterocycles. The van der Waals surface area contributed by atoms with E-state index in [4.69, 9.17) is 11.6 Å². The molecule has 26 heavy (non-hydrogen) atoms. The van der Waals surface area contributed by atoms with Crippen LogP contribution in [0, 0.1) is 12.7 Å². The van der Waals surface area contributed by atoms with Gasteiger partial charge >= 0.3 is 0 Å². The zero-order valence-electron chi connectivity index (χ0n) is 14.3. The molecule has 6 heteroatoms. The van der Waals surface area contributed by atoms with Gasteiger partial charge in [0.25, 0.3) is 5.91 Å². The van der Waals surface area contributed by atoms with Crippen LogP contribution in [0.5, 0.6) is 0 Å². The first-order valence-electron chi connectivity index (χ1n) is 8.39. The van der Waals surface area contributed by atoms with Crippen LogP contribution in [-0.4, -0.2) is 28.9 Å². The Morgan fingerprint density at radius 1 is 1.31 bits per heavy atom. The highest BCUT2D eigenvalue weighted by atomic mass is 35.5. The summed E-state index contributed by atoms with van der Waals surface area (Å²) >= 11 is 5.81. The molecule has 4 nitrogen and oxygen atoms in total. The molecule has 0 radical (unpaired) electrons. The number of aryl methyl sites for hydroxylation is 2. The summed E-state index contributed by atoms with van der Waals surface area (Å²) in [7, 11) is 0. The summed E-state index contributed by atoms with van der Waals surface area (Å²) in [4.78, 5) is 26.6. The molecular weight excluding hydrogens is 357 g/mol. The maximum Gasteiger partial charge on any atom is 0.266 e. The Balaban J connectivity index is 1.71.